The molecule has 1 heterocycles. The van der Waals surface area contributed by atoms with Gasteiger partial charge >= 0.3 is 0 Å². The fraction of sp³-hybridized carbons (Fsp3) is 0.474. The molecule has 0 saturated carbocycles. The molecular weight excluding hydrogens is 463 g/mol. The van der Waals surface area contributed by atoms with E-state index in [2.05, 4.69) is 40.8 Å². The number of hydrogen-bond donors (Lipinski definition) is 2. The number of hydrogen-bond acceptors (Lipinski definition) is 2. The molecule has 0 spiro atoms. The highest BCUT2D eigenvalue weighted by atomic mass is 127. The monoisotopic (exact) mass is 489 g/mol. The molecule has 0 saturated heterocycles. The SMILES string of the molecule is CN=C(NCc1ccc(F)c(F)c1)NC1CCc2cn(C(C)C)nc2C1.I. The Morgan fingerprint density at radius 2 is 2.11 bits per heavy atom. The van der Waals surface area contributed by atoms with Gasteiger partial charge in [-0.1, -0.05) is 6.07 Å². The van der Waals surface area contributed by atoms with Gasteiger partial charge in [-0.3, -0.25) is 9.67 Å². The standard InChI is InChI=1S/C19H25F2N5.HI/c1-12(2)26-11-14-5-6-15(9-18(14)25-26)24-19(22-3)23-10-13-4-7-16(20)17(21)8-13;/h4,7-8,11-12,15H,5-6,9-10H2,1-3H3,(H2,22,23,24);1H. The van der Waals surface area contributed by atoms with Crippen LogP contribution in [0.2, 0.25) is 0 Å². The minimum Gasteiger partial charge on any atom is -0.353 e. The van der Waals surface area contributed by atoms with E-state index in [9.17, 15) is 8.78 Å². The number of nitrogens with zero attached hydrogens (tertiary/aromatic N) is 3. The van der Waals surface area contributed by atoms with Gasteiger partial charge in [0.1, 0.15) is 0 Å². The Kier molecular flexibility index (Phi) is 7.58. The van der Waals surface area contributed by atoms with Gasteiger partial charge in [0.2, 0.25) is 0 Å². The van der Waals surface area contributed by atoms with Crippen LogP contribution in [0.3, 0.4) is 0 Å². The van der Waals surface area contributed by atoms with Gasteiger partial charge in [0, 0.05) is 38.3 Å². The lowest BCUT2D eigenvalue weighted by Crippen LogP contribution is -2.45. The van der Waals surface area contributed by atoms with Gasteiger partial charge in [0.15, 0.2) is 17.6 Å². The largest absolute Gasteiger partial charge is 0.353 e. The summed E-state index contributed by atoms with van der Waals surface area (Å²) in [4.78, 5) is 4.23. The third-order valence-corrected chi connectivity index (χ3v) is 4.63. The number of guanidine groups is 1. The number of benzene rings is 1. The van der Waals surface area contributed by atoms with E-state index < -0.39 is 11.6 Å². The first-order valence-corrected chi connectivity index (χ1v) is 8.94. The number of fused-ring (bicyclic) bond motifs is 1. The second kappa shape index (κ2) is 9.48. The number of halogens is 3. The average molecular weight is 489 g/mol. The van der Waals surface area contributed by atoms with Crippen molar-refractivity contribution in [2.24, 2.45) is 4.99 Å². The molecule has 1 aromatic carbocycles. The highest BCUT2D eigenvalue weighted by Gasteiger charge is 2.23. The first-order valence-electron chi connectivity index (χ1n) is 8.94. The summed E-state index contributed by atoms with van der Waals surface area (Å²) in [5, 5.41) is 11.2. The lowest BCUT2D eigenvalue weighted by Gasteiger charge is -2.24. The van der Waals surface area contributed by atoms with Gasteiger partial charge in [-0.25, -0.2) is 8.78 Å². The molecule has 5 nitrogen and oxygen atoms in total. The van der Waals surface area contributed by atoms with E-state index in [4.69, 9.17) is 0 Å². The second-order valence-corrected chi connectivity index (χ2v) is 6.93. The van der Waals surface area contributed by atoms with Gasteiger partial charge in [0.05, 0.1) is 5.69 Å². The van der Waals surface area contributed by atoms with E-state index in [1.54, 1.807) is 13.1 Å². The molecule has 148 valence electrons. The van der Waals surface area contributed by atoms with Crippen molar-refractivity contribution in [2.45, 2.75) is 51.7 Å². The molecule has 0 radical (unpaired) electrons. The molecule has 3 rings (SSSR count). The highest BCUT2D eigenvalue weighted by Crippen LogP contribution is 2.21. The summed E-state index contributed by atoms with van der Waals surface area (Å²) in [5.74, 6) is -1.03. The normalized spacial score (nSPS) is 16.7. The van der Waals surface area contributed by atoms with Crippen molar-refractivity contribution in [3.63, 3.8) is 0 Å². The molecule has 1 aliphatic carbocycles. The van der Waals surface area contributed by atoms with E-state index in [0.717, 1.165) is 31.0 Å². The summed E-state index contributed by atoms with van der Waals surface area (Å²) in [6, 6.07) is 4.49. The Labute approximate surface area is 175 Å². The second-order valence-electron chi connectivity index (χ2n) is 6.93. The Bertz CT molecular complexity index is 803. The van der Waals surface area contributed by atoms with Crippen molar-refractivity contribution in [3.05, 3.63) is 52.9 Å². The molecule has 0 bridgehead atoms. The predicted molar refractivity (Wildman–Crippen MR) is 114 cm³/mol. The van der Waals surface area contributed by atoms with Gasteiger partial charge < -0.3 is 10.6 Å². The zero-order valence-corrected chi connectivity index (χ0v) is 18.1. The smallest absolute Gasteiger partial charge is 0.191 e. The van der Waals surface area contributed by atoms with Crippen molar-refractivity contribution in [1.29, 1.82) is 0 Å². The third-order valence-electron chi connectivity index (χ3n) is 4.63. The summed E-state index contributed by atoms with van der Waals surface area (Å²) in [6.07, 6.45) is 4.98. The number of rotatable bonds is 4. The summed E-state index contributed by atoms with van der Waals surface area (Å²) in [5.41, 5.74) is 3.12. The van der Waals surface area contributed by atoms with Crippen LogP contribution in [0.15, 0.2) is 29.4 Å². The minimum absolute atomic E-state index is 0. The summed E-state index contributed by atoms with van der Waals surface area (Å²) in [7, 11) is 1.70. The first-order chi connectivity index (χ1) is 12.5. The van der Waals surface area contributed by atoms with Crippen molar-refractivity contribution >= 4 is 29.9 Å². The first kappa shape index (κ1) is 21.6. The fourth-order valence-corrected chi connectivity index (χ4v) is 3.12. The Hall–Kier alpha value is -1.71. The molecule has 2 aromatic rings. The molecule has 0 amide bonds. The third kappa shape index (κ3) is 5.40. The topological polar surface area (TPSA) is 54.2 Å². The average Bonchev–Trinajstić information content (AvgIpc) is 3.05. The van der Waals surface area contributed by atoms with E-state index in [-0.39, 0.29) is 30.0 Å². The quantitative estimate of drug-likeness (QED) is 0.392. The van der Waals surface area contributed by atoms with Crippen LogP contribution in [0.4, 0.5) is 8.78 Å². The lowest BCUT2D eigenvalue weighted by molar-refractivity contribution is 0.498. The number of aliphatic imine (C=N–C) groups is 1. The van der Waals surface area contributed by atoms with Crippen LogP contribution < -0.4 is 10.6 Å². The zero-order chi connectivity index (χ0) is 18.7. The van der Waals surface area contributed by atoms with Crippen LogP contribution in [0, 0.1) is 11.6 Å². The lowest BCUT2D eigenvalue weighted by atomic mass is 9.94. The Morgan fingerprint density at radius 3 is 2.78 bits per heavy atom. The highest BCUT2D eigenvalue weighted by molar-refractivity contribution is 14.0. The van der Waals surface area contributed by atoms with E-state index >= 15 is 0 Å². The Morgan fingerprint density at radius 1 is 1.33 bits per heavy atom. The molecule has 1 aromatic heterocycles. The van der Waals surface area contributed by atoms with Crippen LogP contribution >= 0.6 is 24.0 Å². The van der Waals surface area contributed by atoms with Crippen molar-refractivity contribution in [1.82, 2.24) is 20.4 Å². The molecule has 2 N–H and O–H groups in total. The Balaban J connectivity index is 0.00000261. The van der Waals surface area contributed by atoms with Gasteiger partial charge in [-0.15, -0.1) is 24.0 Å². The molecule has 1 aliphatic rings. The van der Waals surface area contributed by atoms with Gasteiger partial charge in [-0.05, 0) is 49.9 Å². The molecule has 27 heavy (non-hydrogen) atoms. The van der Waals surface area contributed by atoms with Gasteiger partial charge in [-0.2, -0.15) is 5.10 Å². The van der Waals surface area contributed by atoms with Crippen molar-refractivity contribution in [2.75, 3.05) is 7.05 Å². The number of aryl methyl sites for hydroxylation is 1. The van der Waals surface area contributed by atoms with E-state index in [1.165, 1.54) is 11.6 Å². The summed E-state index contributed by atoms with van der Waals surface area (Å²) in [6.45, 7) is 4.62. The molecule has 8 heteroatoms. The number of nitrogens with one attached hydrogen (secondary N) is 2. The minimum atomic E-state index is -0.840. The molecular formula is C19H26F2IN5. The summed E-state index contributed by atoms with van der Waals surface area (Å²) < 4.78 is 28.3. The summed E-state index contributed by atoms with van der Waals surface area (Å²) >= 11 is 0. The van der Waals surface area contributed by atoms with Crippen molar-refractivity contribution in [3.8, 4) is 0 Å². The van der Waals surface area contributed by atoms with Crippen molar-refractivity contribution < 1.29 is 8.78 Å². The van der Waals surface area contributed by atoms with Crippen LogP contribution in [0.25, 0.3) is 0 Å². The fourth-order valence-electron chi connectivity index (χ4n) is 3.12. The molecule has 0 aliphatic heterocycles. The van der Waals surface area contributed by atoms with Crippen LogP contribution in [0.1, 0.15) is 43.1 Å². The van der Waals surface area contributed by atoms with E-state index in [1.807, 2.05) is 4.68 Å². The maximum absolute atomic E-state index is 13.3. The predicted octanol–water partition coefficient (Wildman–Crippen LogP) is 3.58. The maximum Gasteiger partial charge on any atom is 0.191 e. The van der Waals surface area contributed by atoms with Gasteiger partial charge in [0.25, 0.3) is 0 Å². The van der Waals surface area contributed by atoms with Crippen LogP contribution in [-0.2, 0) is 19.4 Å². The van der Waals surface area contributed by atoms with Crippen LogP contribution in [0.5, 0.6) is 0 Å². The maximum atomic E-state index is 13.3. The molecule has 0 fully saturated rings. The molecule has 1 atom stereocenters. The van der Waals surface area contributed by atoms with Crippen LogP contribution in [-0.4, -0.2) is 28.8 Å². The van der Waals surface area contributed by atoms with E-state index in [0.29, 0.717) is 24.1 Å². The molecule has 1 unspecified atom stereocenters. The number of aromatic nitrogens is 2. The zero-order valence-electron chi connectivity index (χ0n) is 15.8.